The van der Waals surface area contributed by atoms with Crippen molar-refractivity contribution in [3.63, 3.8) is 0 Å². The average molecular weight is 218 g/mol. The number of piperidine rings is 1. The van der Waals surface area contributed by atoms with Crippen molar-refractivity contribution in [2.24, 2.45) is 0 Å². The van der Waals surface area contributed by atoms with Gasteiger partial charge in [-0.1, -0.05) is 18.2 Å². The fraction of sp³-hybridized carbons (Fsp3) is 0.571. The summed E-state index contributed by atoms with van der Waals surface area (Å²) in [6.45, 7) is 5.83. The fourth-order valence-electron chi connectivity index (χ4n) is 2.41. The van der Waals surface area contributed by atoms with Gasteiger partial charge >= 0.3 is 0 Å². The van der Waals surface area contributed by atoms with Crippen LogP contribution in [0.4, 0.5) is 5.69 Å². The van der Waals surface area contributed by atoms with Crippen LogP contribution in [-0.4, -0.2) is 30.1 Å². The number of nitrogens with zero attached hydrogens (tertiary/aromatic N) is 1. The topological polar surface area (TPSA) is 15.3 Å². The van der Waals surface area contributed by atoms with Crippen LogP contribution in [0.3, 0.4) is 0 Å². The molecule has 1 aliphatic rings. The smallest absolute Gasteiger partial charge is 0.0342 e. The van der Waals surface area contributed by atoms with Crippen molar-refractivity contribution in [2.45, 2.75) is 38.3 Å². The lowest BCUT2D eigenvalue weighted by molar-refractivity contribution is 0.100. The summed E-state index contributed by atoms with van der Waals surface area (Å²) in [5, 5.41) is 3.63. The molecular weight excluding hydrogens is 196 g/mol. The first-order chi connectivity index (χ1) is 7.58. The van der Waals surface area contributed by atoms with E-state index in [4.69, 9.17) is 0 Å². The summed E-state index contributed by atoms with van der Waals surface area (Å²) in [4.78, 5) is 2.45. The number of nitrogens with one attached hydrogen (secondary N) is 1. The Balaban J connectivity index is 1.97. The van der Waals surface area contributed by atoms with Gasteiger partial charge in [0.15, 0.2) is 0 Å². The minimum absolute atomic E-state index is 0.310. The second kappa shape index (κ2) is 4.46. The van der Waals surface area contributed by atoms with E-state index in [1.807, 2.05) is 0 Å². The summed E-state index contributed by atoms with van der Waals surface area (Å²) in [6, 6.07) is 11.1. The van der Waals surface area contributed by atoms with E-state index in [1.165, 1.54) is 25.1 Å². The summed E-state index contributed by atoms with van der Waals surface area (Å²) in [6.07, 6.45) is 2.44. The maximum absolute atomic E-state index is 3.63. The van der Waals surface area contributed by atoms with Gasteiger partial charge in [-0.3, -0.25) is 0 Å². The quantitative estimate of drug-likeness (QED) is 0.821. The highest BCUT2D eigenvalue weighted by Gasteiger charge is 2.31. The highest BCUT2D eigenvalue weighted by atomic mass is 15.2. The maximum Gasteiger partial charge on any atom is 0.0342 e. The third-order valence-electron chi connectivity index (χ3n) is 3.74. The van der Waals surface area contributed by atoms with Crippen molar-refractivity contribution in [1.82, 2.24) is 4.90 Å². The number of benzene rings is 1. The van der Waals surface area contributed by atoms with Gasteiger partial charge in [-0.15, -0.1) is 0 Å². The van der Waals surface area contributed by atoms with E-state index in [2.05, 4.69) is 61.4 Å². The monoisotopic (exact) mass is 218 g/mol. The molecule has 1 aliphatic heterocycles. The lowest BCUT2D eigenvalue weighted by Gasteiger charge is -2.44. The van der Waals surface area contributed by atoms with Crippen molar-refractivity contribution in [2.75, 3.05) is 18.9 Å². The molecule has 0 aromatic heterocycles. The van der Waals surface area contributed by atoms with Crippen LogP contribution < -0.4 is 5.32 Å². The Morgan fingerprint density at radius 3 is 2.56 bits per heavy atom. The number of hydrogen-bond donors (Lipinski definition) is 1. The Hall–Kier alpha value is -1.02. The van der Waals surface area contributed by atoms with E-state index in [1.54, 1.807) is 0 Å². The number of anilines is 1. The van der Waals surface area contributed by atoms with Crippen molar-refractivity contribution < 1.29 is 0 Å². The molecule has 0 aliphatic carbocycles. The number of rotatable bonds is 2. The van der Waals surface area contributed by atoms with Crippen molar-refractivity contribution in [1.29, 1.82) is 0 Å². The molecule has 0 radical (unpaired) electrons. The summed E-state index contributed by atoms with van der Waals surface area (Å²) >= 11 is 0. The van der Waals surface area contributed by atoms with Crippen molar-refractivity contribution in [3.8, 4) is 0 Å². The molecule has 1 unspecified atom stereocenters. The Morgan fingerprint density at radius 1 is 1.25 bits per heavy atom. The summed E-state index contributed by atoms with van der Waals surface area (Å²) in [5.74, 6) is 0. The first kappa shape index (κ1) is 11.5. The zero-order valence-electron chi connectivity index (χ0n) is 10.5. The number of hydrogen-bond acceptors (Lipinski definition) is 2. The van der Waals surface area contributed by atoms with E-state index in [-0.39, 0.29) is 0 Å². The van der Waals surface area contributed by atoms with Crippen LogP contribution >= 0.6 is 0 Å². The van der Waals surface area contributed by atoms with Crippen LogP contribution in [0.15, 0.2) is 30.3 Å². The molecule has 88 valence electrons. The van der Waals surface area contributed by atoms with Gasteiger partial charge < -0.3 is 10.2 Å². The molecule has 1 fully saturated rings. The van der Waals surface area contributed by atoms with Gasteiger partial charge in [0.25, 0.3) is 0 Å². The van der Waals surface area contributed by atoms with E-state index in [0.717, 1.165) is 0 Å². The molecule has 2 nitrogen and oxygen atoms in total. The van der Waals surface area contributed by atoms with Gasteiger partial charge in [-0.25, -0.2) is 0 Å². The van der Waals surface area contributed by atoms with Crippen LogP contribution in [0.1, 0.15) is 26.7 Å². The molecule has 2 rings (SSSR count). The fourth-order valence-corrected chi connectivity index (χ4v) is 2.41. The summed E-state index contributed by atoms with van der Waals surface area (Å²) < 4.78 is 0. The Labute approximate surface area is 98.7 Å². The van der Waals surface area contributed by atoms with Gasteiger partial charge in [0.2, 0.25) is 0 Å². The second-order valence-corrected chi connectivity index (χ2v) is 5.43. The number of para-hydroxylation sites is 1. The van der Waals surface area contributed by atoms with Crippen LogP contribution in [0, 0.1) is 0 Å². The molecule has 0 saturated carbocycles. The molecule has 1 saturated heterocycles. The minimum Gasteiger partial charge on any atom is -0.382 e. The molecule has 0 spiro atoms. The first-order valence-corrected chi connectivity index (χ1v) is 6.11. The number of likely N-dealkylation sites (tertiary alicyclic amines) is 1. The molecule has 1 heterocycles. The molecule has 2 heteroatoms. The molecule has 0 bridgehead atoms. The van der Waals surface area contributed by atoms with E-state index in [9.17, 15) is 0 Å². The van der Waals surface area contributed by atoms with Gasteiger partial charge in [-0.05, 0) is 45.9 Å². The van der Waals surface area contributed by atoms with Gasteiger partial charge in [0, 0.05) is 23.8 Å². The molecular formula is C14H22N2. The predicted octanol–water partition coefficient (Wildman–Crippen LogP) is 2.97. The Bertz CT molecular complexity index is 332. The highest BCUT2D eigenvalue weighted by molar-refractivity contribution is 5.43. The molecule has 1 N–H and O–H groups in total. The lowest BCUT2D eigenvalue weighted by Crippen LogP contribution is -2.50. The Kier molecular flexibility index (Phi) is 3.20. The first-order valence-electron chi connectivity index (χ1n) is 6.11. The van der Waals surface area contributed by atoms with Crippen LogP contribution in [0.25, 0.3) is 0 Å². The molecule has 1 aromatic rings. The van der Waals surface area contributed by atoms with Crippen LogP contribution in [-0.2, 0) is 0 Å². The summed E-state index contributed by atoms with van der Waals surface area (Å²) in [7, 11) is 2.22. The molecule has 1 aromatic carbocycles. The Morgan fingerprint density at radius 2 is 1.94 bits per heavy atom. The van der Waals surface area contributed by atoms with Gasteiger partial charge in [0.1, 0.15) is 0 Å². The van der Waals surface area contributed by atoms with E-state index < -0.39 is 0 Å². The standard InChI is InChI=1S/C14H22N2/c1-14(2)11-13(9-10-16(14)3)15-12-7-5-4-6-8-12/h4-8,13,15H,9-11H2,1-3H3. The highest BCUT2D eigenvalue weighted by Crippen LogP contribution is 2.27. The SMILES string of the molecule is CN1CCC(Nc2ccccc2)CC1(C)C. The van der Waals surface area contributed by atoms with Crippen LogP contribution in [0.5, 0.6) is 0 Å². The minimum atomic E-state index is 0.310. The van der Waals surface area contributed by atoms with Crippen molar-refractivity contribution in [3.05, 3.63) is 30.3 Å². The second-order valence-electron chi connectivity index (χ2n) is 5.43. The largest absolute Gasteiger partial charge is 0.382 e. The maximum atomic E-state index is 3.63. The average Bonchev–Trinajstić information content (AvgIpc) is 2.25. The van der Waals surface area contributed by atoms with Gasteiger partial charge in [0.05, 0.1) is 0 Å². The predicted molar refractivity (Wildman–Crippen MR) is 69.8 cm³/mol. The molecule has 1 atom stereocenters. The summed E-state index contributed by atoms with van der Waals surface area (Å²) in [5.41, 5.74) is 1.55. The van der Waals surface area contributed by atoms with Gasteiger partial charge in [-0.2, -0.15) is 0 Å². The third-order valence-corrected chi connectivity index (χ3v) is 3.74. The zero-order valence-corrected chi connectivity index (χ0v) is 10.5. The van der Waals surface area contributed by atoms with E-state index in [0.29, 0.717) is 11.6 Å². The van der Waals surface area contributed by atoms with E-state index >= 15 is 0 Å². The lowest BCUT2D eigenvalue weighted by atomic mass is 9.87. The van der Waals surface area contributed by atoms with Crippen molar-refractivity contribution >= 4 is 5.69 Å². The molecule has 0 amide bonds. The normalized spacial score (nSPS) is 25.3. The van der Waals surface area contributed by atoms with Crippen LogP contribution in [0.2, 0.25) is 0 Å². The third kappa shape index (κ3) is 2.56. The zero-order chi connectivity index (χ0) is 11.6. The molecule has 16 heavy (non-hydrogen) atoms.